The fraction of sp³-hybridized carbons (Fsp3) is 0.0435. The van der Waals surface area contributed by atoms with Gasteiger partial charge in [-0.05, 0) is 35.7 Å². The number of methoxy groups -OCH3 is 1. The molecule has 31 heavy (non-hydrogen) atoms. The molecule has 0 unspecified atom stereocenters. The van der Waals surface area contributed by atoms with Crippen LogP contribution in [-0.4, -0.2) is 33.0 Å². The van der Waals surface area contributed by atoms with Crippen molar-refractivity contribution in [2.75, 3.05) is 17.7 Å². The van der Waals surface area contributed by atoms with Crippen LogP contribution in [0.5, 0.6) is 0 Å². The Morgan fingerprint density at radius 3 is 2.52 bits per heavy atom. The van der Waals surface area contributed by atoms with Gasteiger partial charge in [0, 0.05) is 23.0 Å². The fourth-order valence-corrected chi connectivity index (χ4v) is 3.38. The summed E-state index contributed by atoms with van der Waals surface area (Å²) in [6.07, 6.45) is 2.98. The molecule has 2 N–H and O–H groups in total. The number of nitrogens with one attached hydrogen (secondary N) is 2. The number of hydrogen-bond acceptors (Lipinski definition) is 6. The summed E-state index contributed by atoms with van der Waals surface area (Å²) in [5, 5.41) is 13.4. The highest BCUT2D eigenvalue weighted by molar-refractivity contribution is 5.92. The summed E-state index contributed by atoms with van der Waals surface area (Å²) in [7, 11) is 1.32. The molecule has 0 spiro atoms. The van der Waals surface area contributed by atoms with Crippen LogP contribution in [0.15, 0.2) is 79.1 Å². The Kier molecular flexibility index (Phi) is 4.64. The number of amides is 1. The molecular formula is C23H18N6O2. The molecule has 0 saturated carbocycles. The van der Waals surface area contributed by atoms with E-state index in [1.807, 2.05) is 41.1 Å². The molecule has 3 aromatic carbocycles. The Labute approximate surface area is 177 Å². The zero-order chi connectivity index (χ0) is 21.2. The lowest BCUT2D eigenvalue weighted by molar-refractivity contribution is 0.187. The first-order valence-corrected chi connectivity index (χ1v) is 9.62. The lowest BCUT2D eigenvalue weighted by atomic mass is 10.1. The average Bonchev–Trinajstić information content (AvgIpc) is 3.23. The Balaban J connectivity index is 1.47. The molecule has 0 aliphatic heterocycles. The van der Waals surface area contributed by atoms with E-state index in [9.17, 15) is 4.79 Å². The number of carbonyl (C=O) groups excluding carboxylic acids is 1. The molecule has 5 rings (SSSR count). The molecule has 0 aliphatic carbocycles. The number of carbonyl (C=O) groups is 1. The first-order chi connectivity index (χ1) is 15.2. The zero-order valence-corrected chi connectivity index (χ0v) is 16.6. The van der Waals surface area contributed by atoms with E-state index in [0.717, 1.165) is 27.5 Å². The maximum atomic E-state index is 11.3. The Morgan fingerprint density at radius 1 is 0.903 bits per heavy atom. The topological polar surface area (TPSA) is 94.0 Å². The van der Waals surface area contributed by atoms with Gasteiger partial charge in [0.1, 0.15) is 0 Å². The molecule has 152 valence electrons. The number of fused-ring (bicyclic) bond motifs is 2. The van der Waals surface area contributed by atoms with Crippen molar-refractivity contribution in [3.8, 4) is 5.69 Å². The van der Waals surface area contributed by atoms with Crippen molar-refractivity contribution in [3.63, 3.8) is 0 Å². The minimum Gasteiger partial charge on any atom is -0.453 e. The number of benzene rings is 3. The molecule has 0 aliphatic rings. The smallest absolute Gasteiger partial charge is 0.411 e. The van der Waals surface area contributed by atoms with E-state index in [0.29, 0.717) is 17.3 Å². The van der Waals surface area contributed by atoms with Crippen LogP contribution in [0.25, 0.3) is 27.5 Å². The summed E-state index contributed by atoms with van der Waals surface area (Å²) in [6, 6.07) is 21.4. The van der Waals surface area contributed by atoms with E-state index < -0.39 is 6.09 Å². The normalized spacial score (nSPS) is 10.9. The van der Waals surface area contributed by atoms with Crippen molar-refractivity contribution in [2.24, 2.45) is 0 Å². The molecule has 1 amide bonds. The predicted molar refractivity (Wildman–Crippen MR) is 120 cm³/mol. The van der Waals surface area contributed by atoms with Gasteiger partial charge in [0.05, 0.1) is 24.4 Å². The van der Waals surface area contributed by atoms with Gasteiger partial charge in [0.15, 0.2) is 5.65 Å². The maximum absolute atomic E-state index is 11.3. The number of aromatic nitrogens is 4. The lowest BCUT2D eigenvalue weighted by Crippen LogP contribution is -2.10. The van der Waals surface area contributed by atoms with Crippen molar-refractivity contribution < 1.29 is 9.53 Å². The average molecular weight is 410 g/mol. The van der Waals surface area contributed by atoms with Crippen LogP contribution in [0.2, 0.25) is 0 Å². The summed E-state index contributed by atoms with van der Waals surface area (Å²) >= 11 is 0. The number of hydrogen-bond donors (Lipinski definition) is 2. The molecule has 2 heterocycles. The van der Waals surface area contributed by atoms with Crippen LogP contribution in [-0.2, 0) is 4.74 Å². The lowest BCUT2D eigenvalue weighted by Gasteiger charge is -2.09. The summed E-state index contributed by atoms with van der Waals surface area (Å²) in [5.74, 6) is 0.447. The Hall–Kier alpha value is -4.46. The number of ether oxygens (including phenoxy) is 1. The third kappa shape index (κ3) is 3.62. The largest absolute Gasteiger partial charge is 0.453 e. The van der Waals surface area contributed by atoms with Crippen LogP contribution in [0.4, 0.5) is 22.1 Å². The van der Waals surface area contributed by atoms with E-state index in [1.165, 1.54) is 7.11 Å². The summed E-state index contributed by atoms with van der Waals surface area (Å²) in [6.45, 7) is 0. The van der Waals surface area contributed by atoms with Crippen molar-refractivity contribution in [2.45, 2.75) is 0 Å². The number of nitrogens with zero attached hydrogens (tertiary/aromatic N) is 4. The summed E-state index contributed by atoms with van der Waals surface area (Å²) in [5.41, 5.74) is 3.07. The van der Waals surface area contributed by atoms with Gasteiger partial charge in [-0.25, -0.2) is 14.5 Å². The standard InChI is InChI=1S/C23H18N6O2/c1-31-23(30)27-18-11-9-17(10-12-18)26-22-24-13-16-14-25-29(21(16)28-22)20-8-4-6-15-5-2-3-7-19(15)20/h2-14H,1H3,(H,27,30)(H,24,26,28). The first kappa shape index (κ1) is 18.6. The van der Waals surface area contributed by atoms with Crippen LogP contribution >= 0.6 is 0 Å². The van der Waals surface area contributed by atoms with E-state index >= 15 is 0 Å². The summed E-state index contributed by atoms with van der Waals surface area (Å²) < 4.78 is 6.42. The van der Waals surface area contributed by atoms with Crippen LogP contribution in [0.1, 0.15) is 0 Å². The molecule has 8 nitrogen and oxygen atoms in total. The second-order valence-corrected chi connectivity index (χ2v) is 6.85. The van der Waals surface area contributed by atoms with Gasteiger partial charge in [0.2, 0.25) is 5.95 Å². The maximum Gasteiger partial charge on any atom is 0.411 e. The molecular weight excluding hydrogens is 392 g/mol. The van der Waals surface area contributed by atoms with E-state index in [-0.39, 0.29) is 0 Å². The predicted octanol–water partition coefficient (Wildman–Crippen LogP) is 4.89. The van der Waals surface area contributed by atoms with Crippen LogP contribution in [0, 0.1) is 0 Å². The van der Waals surface area contributed by atoms with Crippen molar-refractivity contribution >= 4 is 45.2 Å². The van der Waals surface area contributed by atoms with Crippen molar-refractivity contribution in [1.29, 1.82) is 0 Å². The highest BCUT2D eigenvalue weighted by atomic mass is 16.5. The second kappa shape index (κ2) is 7.75. The minimum atomic E-state index is -0.517. The van der Waals surface area contributed by atoms with Crippen molar-refractivity contribution in [3.05, 3.63) is 79.1 Å². The van der Waals surface area contributed by atoms with Gasteiger partial charge in [-0.2, -0.15) is 10.1 Å². The molecule has 0 bridgehead atoms. The van der Waals surface area contributed by atoms with E-state index in [1.54, 1.807) is 24.5 Å². The molecule has 0 radical (unpaired) electrons. The monoisotopic (exact) mass is 410 g/mol. The van der Waals surface area contributed by atoms with Crippen LogP contribution < -0.4 is 10.6 Å². The Bertz CT molecular complexity index is 1390. The molecule has 0 atom stereocenters. The fourth-order valence-electron chi connectivity index (χ4n) is 3.38. The van der Waals surface area contributed by atoms with Crippen molar-refractivity contribution in [1.82, 2.24) is 19.7 Å². The van der Waals surface area contributed by atoms with Gasteiger partial charge in [-0.3, -0.25) is 5.32 Å². The number of rotatable bonds is 4. The minimum absolute atomic E-state index is 0.447. The van der Waals surface area contributed by atoms with Gasteiger partial charge >= 0.3 is 6.09 Å². The van der Waals surface area contributed by atoms with Gasteiger partial charge in [-0.15, -0.1) is 0 Å². The third-order valence-corrected chi connectivity index (χ3v) is 4.88. The van der Waals surface area contributed by atoms with Gasteiger partial charge in [0.25, 0.3) is 0 Å². The quantitative estimate of drug-likeness (QED) is 0.438. The van der Waals surface area contributed by atoms with Crippen LogP contribution in [0.3, 0.4) is 0 Å². The molecule has 8 heteroatoms. The molecule has 2 aromatic heterocycles. The SMILES string of the molecule is COC(=O)Nc1ccc(Nc2ncc3cnn(-c4cccc5ccccc45)c3n2)cc1. The second-order valence-electron chi connectivity index (χ2n) is 6.85. The molecule has 0 saturated heterocycles. The summed E-state index contributed by atoms with van der Waals surface area (Å²) in [4.78, 5) is 20.4. The van der Waals surface area contributed by atoms with Gasteiger partial charge < -0.3 is 10.1 Å². The molecule has 5 aromatic rings. The zero-order valence-electron chi connectivity index (χ0n) is 16.6. The first-order valence-electron chi connectivity index (χ1n) is 9.62. The van der Waals surface area contributed by atoms with E-state index in [2.05, 4.69) is 48.6 Å². The molecule has 0 fully saturated rings. The highest BCUT2D eigenvalue weighted by Crippen LogP contribution is 2.25. The third-order valence-electron chi connectivity index (χ3n) is 4.88. The highest BCUT2D eigenvalue weighted by Gasteiger charge is 2.11. The van der Waals surface area contributed by atoms with Gasteiger partial charge in [-0.1, -0.05) is 36.4 Å². The number of anilines is 3. The Morgan fingerprint density at radius 2 is 1.68 bits per heavy atom. The van der Waals surface area contributed by atoms with E-state index in [4.69, 9.17) is 0 Å².